The zero-order chi connectivity index (χ0) is 12.2. The second kappa shape index (κ2) is 4.80. The van der Waals surface area contributed by atoms with Gasteiger partial charge in [-0.1, -0.05) is 29.8 Å². The summed E-state index contributed by atoms with van der Waals surface area (Å²) in [5.41, 5.74) is 1.41. The lowest BCUT2D eigenvalue weighted by Crippen LogP contribution is -2.43. The zero-order valence-electron chi connectivity index (χ0n) is 9.87. The SMILES string of the molecule is [C-]#[N+]c1cccc(CC(C)(C)NC(C)=O)c1. The van der Waals surface area contributed by atoms with Crippen LogP contribution in [0.5, 0.6) is 0 Å². The topological polar surface area (TPSA) is 33.5 Å². The van der Waals surface area contributed by atoms with Crippen LogP contribution in [0.3, 0.4) is 0 Å². The molecule has 1 amide bonds. The molecular weight excluding hydrogens is 200 g/mol. The van der Waals surface area contributed by atoms with E-state index < -0.39 is 0 Å². The maximum atomic E-state index is 11.0. The Morgan fingerprint density at radius 2 is 2.19 bits per heavy atom. The van der Waals surface area contributed by atoms with Crippen LogP contribution in [0, 0.1) is 6.57 Å². The first-order chi connectivity index (χ1) is 7.43. The molecule has 0 fully saturated rings. The van der Waals surface area contributed by atoms with E-state index in [0.717, 1.165) is 12.0 Å². The summed E-state index contributed by atoms with van der Waals surface area (Å²) in [4.78, 5) is 14.4. The molecule has 16 heavy (non-hydrogen) atoms. The molecule has 0 saturated carbocycles. The largest absolute Gasteiger partial charge is 0.351 e. The molecule has 0 heterocycles. The van der Waals surface area contributed by atoms with Crippen LogP contribution < -0.4 is 5.32 Å². The highest BCUT2D eigenvalue weighted by Crippen LogP contribution is 2.18. The third kappa shape index (κ3) is 3.74. The van der Waals surface area contributed by atoms with E-state index in [-0.39, 0.29) is 11.4 Å². The van der Waals surface area contributed by atoms with Crippen LogP contribution in [0.2, 0.25) is 0 Å². The number of amides is 1. The van der Waals surface area contributed by atoms with E-state index in [1.54, 1.807) is 6.07 Å². The summed E-state index contributed by atoms with van der Waals surface area (Å²) in [5, 5.41) is 2.89. The summed E-state index contributed by atoms with van der Waals surface area (Å²) >= 11 is 0. The monoisotopic (exact) mass is 216 g/mol. The van der Waals surface area contributed by atoms with E-state index in [4.69, 9.17) is 6.57 Å². The van der Waals surface area contributed by atoms with E-state index in [1.807, 2.05) is 32.0 Å². The molecule has 0 radical (unpaired) electrons. The molecule has 84 valence electrons. The van der Waals surface area contributed by atoms with Crippen LogP contribution in [0.15, 0.2) is 24.3 Å². The summed E-state index contributed by atoms with van der Waals surface area (Å²) in [6, 6.07) is 7.48. The number of carbonyl (C=O) groups excluding carboxylic acids is 1. The van der Waals surface area contributed by atoms with Crippen molar-refractivity contribution in [2.75, 3.05) is 0 Å². The number of benzene rings is 1. The predicted octanol–water partition coefficient (Wildman–Crippen LogP) is 2.69. The van der Waals surface area contributed by atoms with Gasteiger partial charge in [0, 0.05) is 12.5 Å². The van der Waals surface area contributed by atoms with Crippen molar-refractivity contribution >= 4 is 11.6 Å². The average molecular weight is 216 g/mol. The zero-order valence-corrected chi connectivity index (χ0v) is 9.87. The van der Waals surface area contributed by atoms with Gasteiger partial charge in [0.1, 0.15) is 0 Å². The van der Waals surface area contributed by atoms with Crippen molar-refractivity contribution in [3.05, 3.63) is 41.2 Å². The lowest BCUT2D eigenvalue weighted by atomic mass is 9.94. The maximum Gasteiger partial charge on any atom is 0.217 e. The number of nitrogens with zero attached hydrogens (tertiary/aromatic N) is 1. The fraction of sp³-hybridized carbons (Fsp3) is 0.385. The maximum absolute atomic E-state index is 11.0. The molecule has 0 bridgehead atoms. The Kier molecular flexibility index (Phi) is 3.68. The van der Waals surface area contributed by atoms with E-state index in [0.29, 0.717) is 5.69 Å². The van der Waals surface area contributed by atoms with Gasteiger partial charge < -0.3 is 5.32 Å². The molecule has 0 saturated heterocycles. The molecule has 0 atom stereocenters. The molecule has 0 unspecified atom stereocenters. The minimum atomic E-state index is -0.285. The van der Waals surface area contributed by atoms with Crippen molar-refractivity contribution in [2.24, 2.45) is 0 Å². The molecular formula is C13H16N2O. The standard InChI is InChI=1S/C13H16N2O/c1-10(16)15-13(2,3)9-11-6-5-7-12(8-11)14-4/h5-8H,9H2,1-3H3,(H,15,16). The lowest BCUT2D eigenvalue weighted by molar-refractivity contribution is -0.120. The molecule has 0 spiro atoms. The van der Waals surface area contributed by atoms with E-state index in [9.17, 15) is 4.79 Å². The second-order valence-electron chi connectivity index (χ2n) is 4.52. The molecule has 3 heteroatoms. The van der Waals surface area contributed by atoms with Crippen LogP contribution in [0.1, 0.15) is 26.3 Å². The Bertz CT molecular complexity index is 430. The number of nitrogens with one attached hydrogen (secondary N) is 1. The Morgan fingerprint density at radius 3 is 2.75 bits per heavy atom. The van der Waals surface area contributed by atoms with Crippen LogP contribution >= 0.6 is 0 Å². The van der Waals surface area contributed by atoms with Crippen molar-refractivity contribution in [3.63, 3.8) is 0 Å². The van der Waals surface area contributed by atoms with E-state index in [2.05, 4.69) is 10.2 Å². The number of hydrogen-bond donors (Lipinski definition) is 1. The van der Waals surface area contributed by atoms with Gasteiger partial charge in [-0.15, -0.1) is 0 Å². The van der Waals surface area contributed by atoms with Gasteiger partial charge in [0.05, 0.1) is 6.57 Å². The summed E-state index contributed by atoms with van der Waals surface area (Å²) in [6.45, 7) is 12.4. The molecule has 1 aromatic rings. The quantitative estimate of drug-likeness (QED) is 0.774. The fourth-order valence-electron chi connectivity index (χ4n) is 1.77. The number of carbonyl (C=O) groups is 1. The van der Waals surface area contributed by atoms with Crippen LogP contribution in [-0.4, -0.2) is 11.4 Å². The minimum absolute atomic E-state index is 0.0358. The van der Waals surface area contributed by atoms with Crippen molar-refractivity contribution in [2.45, 2.75) is 32.7 Å². The lowest BCUT2D eigenvalue weighted by Gasteiger charge is -2.25. The molecule has 0 aromatic heterocycles. The summed E-state index contributed by atoms with van der Waals surface area (Å²) in [7, 11) is 0. The van der Waals surface area contributed by atoms with E-state index >= 15 is 0 Å². The molecule has 0 aliphatic heterocycles. The summed E-state index contributed by atoms with van der Waals surface area (Å²) in [5.74, 6) is -0.0358. The first-order valence-corrected chi connectivity index (χ1v) is 5.18. The Labute approximate surface area is 96.3 Å². The molecule has 1 N–H and O–H groups in total. The van der Waals surface area contributed by atoms with Gasteiger partial charge >= 0.3 is 0 Å². The van der Waals surface area contributed by atoms with Crippen LogP contribution in [-0.2, 0) is 11.2 Å². The number of rotatable bonds is 3. The molecule has 0 aliphatic carbocycles. The second-order valence-corrected chi connectivity index (χ2v) is 4.52. The molecule has 0 aliphatic rings. The average Bonchev–Trinajstić information content (AvgIpc) is 2.15. The molecule has 1 rings (SSSR count). The normalized spacial score (nSPS) is 10.6. The first kappa shape index (κ1) is 12.3. The smallest absolute Gasteiger partial charge is 0.217 e. The Morgan fingerprint density at radius 1 is 1.50 bits per heavy atom. The van der Waals surface area contributed by atoms with Gasteiger partial charge in [0.15, 0.2) is 5.69 Å². The highest BCUT2D eigenvalue weighted by molar-refractivity contribution is 5.73. The van der Waals surface area contributed by atoms with Crippen LogP contribution in [0.4, 0.5) is 5.69 Å². The van der Waals surface area contributed by atoms with Crippen molar-refractivity contribution < 1.29 is 4.79 Å². The molecule has 1 aromatic carbocycles. The summed E-state index contributed by atoms with van der Waals surface area (Å²) in [6.07, 6.45) is 0.718. The highest BCUT2D eigenvalue weighted by Gasteiger charge is 2.19. The van der Waals surface area contributed by atoms with E-state index in [1.165, 1.54) is 6.92 Å². The van der Waals surface area contributed by atoms with Crippen molar-refractivity contribution in [1.82, 2.24) is 5.32 Å². The van der Waals surface area contributed by atoms with Gasteiger partial charge in [-0.05, 0) is 20.3 Å². The first-order valence-electron chi connectivity index (χ1n) is 5.18. The van der Waals surface area contributed by atoms with Crippen molar-refractivity contribution in [1.29, 1.82) is 0 Å². The molecule has 3 nitrogen and oxygen atoms in total. The predicted molar refractivity (Wildman–Crippen MR) is 64.3 cm³/mol. The third-order valence-electron chi connectivity index (χ3n) is 2.20. The Hall–Kier alpha value is -1.82. The van der Waals surface area contributed by atoms with Gasteiger partial charge in [0.2, 0.25) is 5.91 Å². The summed E-state index contributed by atoms with van der Waals surface area (Å²) < 4.78 is 0. The highest BCUT2D eigenvalue weighted by atomic mass is 16.1. The minimum Gasteiger partial charge on any atom is -0.351 e. The van der Waals surface area contributed by atoms with Gasteiger partial charge in [-0.2, -0.15) is 0 Å². The van der Waals surface area contributed by atoms with Gasteiger partial charge in [0.25, 0.3) is 0 Å². The third-order valence-corrected chi connectivity index (χ3v) is 2.20. The van der Waals surface area contributed by atoms with Gasteiger partial charge in [-0.25, -0.2) is 4.85 Å². The Balaban J connectivity index is 2.80. The fourth-order valence-corrected chi connectivity index (χ4v) is 1.77. The van der Waals surface area contributed by atoms with Gasteiger partial charge in [-0.3, -0.25) is 4.79 Å². The number of hydrogen-bond acceptors (Lipinski definition) is 1. The van der Waals surface area contributed by atoms with Crippen molar-refractivity contribution in [3.8, 4) is 0 Å². The van der Waals surface area contributed by atoms with Crippen LogP contribution in [0.25, 0.3) is 4.85 Å².